The average Bonchev–Trinajstić information content (AvgIpc) is 2.74. The van der Waals surface area contributed by atoms with Gasteiger partial charge < -0.3 is 10.6 Å². The average molecular weight is 237 g/mol. The summed E-state index contributed by atoms with van der Waals surface area (Å²) in [5.74, 6) is 1.08. The summed E-state index contributed by atoms with van der Waals surface area (Å²) in [6.07, 6.45) is 1.82. The van der Waals surface area contributed by atoms with E-state index in [0.717, 1.165) is 38.5 Å². The van der Waals surface area contributed by atoms with Gasteiger partial charge in [0.25, 0.3) is 0 Å². The van der Waals surface area contributed by atoms with Crippen LogP contribution in [0.25, 0.3) is 0 Å². The highest BCUT2D eigenvalue weighted by atomic mass is 15.3. The lowest BCUT2D eigenvalue weighted by Gasteiger charge is -2.41. The lowest BCUT2D eigenvalue weighted by atomic mass is 10.0. The summed E-state index contributed by atoms with van der Waals surface area (Å²) in [4.78, 5) is 2.53. The SMILES string of the molecule is Cn1nccc1NCC(C)(C)N1CCNCC1. The molecule has 1 aromatic heterocycles. The van der Waals surface area contributed by atoms with Crippen molar-refractivity contribution in [3.63, 3.8) is 0 Å². The molecule has 1 aliphatic heterocycles. The zero-order chi connectivity index (χ0) is 12.3. The fourth-order valence-corrected chi connectivity index (χ4v) is 2.24. The molecule has 0 aromatic carbocycles. The van der Waals surface area contributed by atoms with Crippen LogP contribution in [0.1, 0.15) is 13.8 Å². The molecule has 1 saturated heterocycles. The molecular formula is C12H23N5. The highest BCUT2D eigenvalue weighted by Crippen LogP contribution is 2.16. The fraction of sp³-hybridized carbons (Fsp3) is 0.750. The van der Waals surface area contributed by atoms with Gasteiger partial charge in [0.05, 0.1) is 6.20 Å². The zero-order valence-electron chi connectivity index (χ0n) is 11.0. The summed E-state index contributed by atoms with van der Waals surface area (Å²) in [6.45, 7) is 9.96. The van der Waals surface area contributed by atoms with Gasteiger partial charge in [-0.05, 0) is 13.8 Å². The molecule has 0 aliphatic carbocycles. The van der Waals surface area contributed by atoms with Crippen LogP contribution in [-0.4, -0.2) is 52.9 Å². The number of aryl methyl sites for hydroxylation is 1. The summed E-state index contributed by atoms with van der Waals surface area (Å²) in [7, 11) is 1.96. The molecule has 0 atom stereocenters. The van der Waals surface area contributed by atoms with Crippen molar-refractivity contribution in [1.29, 1.82) is 0 Å². The van der Waals surface area contributed by atoms with E-state index in [9.17, 15) is 0 Å². The number of nitrogens with zero attached hydrogens (tertiary/aromatic N) is 3. The van der Waals surface area contributed by atoms with E-state index in [4.69, 9.17) is 0 Å². The monoisotopic (exact) mass is 237 g/mol. The molecule has 0 unspecified atom stereocenters. The van der Waals surface area contributed by atoms with Gasteiger partial charge in [-0.1, -0.05) is 0 Å². The minimum atomic E-state index is 0.173. The van der Waals surface area contributed by atoms with E-state index in [0.29, 0.717) is 0 Å². The van der Waals surface area contributed by atoms with E-state index in [-0.39, 0.29) is 5.54 Å². The quantitative estimate of drug-likeness (QED) is 0.801. The topological polar surface area (TPSA) is 45.1 Å². The maximum Gasteiger partial charge on any atom is 0.123 e. The lowest BCUT2D eigenvalue weighted by Crippen LogP contribution is -2.56. The predicted molar refractivity (Wildman–Crippen MR) is 70.2 cm³/mol. The molecule has 1 aromatic rings. The largest absolute Gasteiger partial charge is 0.368 e. The van der Waals surface area contributed by atoms with Crippen LogP contribution in [0.5, 0.6) is 0 Å². The van der Waals surface area contributed by atoms with E-state index in [2.05, 4.69) is 34.5 Å². The molecular weight excluding hydrogens is 214 g/mol. The number of anilines is 1. The summed E-state index contributed by atoms with van der Waals surface area (Å²) < 4.78 is 1.87. The smallest absolute Gasteiger partial charge is 0.123 e. The Bertz CT molecular complexity index is 352. The summed E-state index contributed by atoms with van der Waals surface area (Å²) >= 11 is 0. The molecule has 1 fully saturated rings. The van der Waals surface area contributed by atoms with Crippen molar-refractivity contribution in [3.8, 4) is 0 Å². The Kier molecular flexibility index (Phi) is 3.69. The maximum atomic E-state index is 4.16. The molecule has 0 radical (unpaired) electrons. The van der Waals surface area contributed by atoms with Crippen LogP contribution in [0.2, 0.25) is 0 Å². The first-order valence-corrected chi connectivity index (χ1v) is 6.27. The van der Waals surface area contributed by atoms with Crippen LogP contribution < -0.4 is 10.6 Å². The molecule has 5 nitrogen and oxygen atoms in total. The molecule has 2 N–H and O–H groups in total. The van der Waals surface area contributed by atoms with E-state index >= 15 is 0 Å². The molecule has 0 bridgehead atoms. The first kappa shape index (κ1) is 12.4. The van der Waals surface area contributed by atoms with E-state index < -0.39 is 0 Å². The van der Waals surface area contributed by atoms with Crippen molar-refractivity contribution < 1.29 is 0 Å². The Morgan fingerprint density at radius 1 is 1.41 bits per heavy atom. The third kappa shape index (κ3) is 2.98. The van der Waals surface area contributed by atoms with Crippen LogP contribution >= 0.6 is 0 Å². The summed E-state index contributed by atoms with van der Waals surface area (Å²) in [5.41, 5.74) is 0.173. The van der Waals surface area contributed by atoms with Crippen molar-refractivity contribution in [2.75, 3.05) is 38.0 Å². The second kappa shape index (κ2) is 5.06. The second-order valence-corrected chi connectivity index (χ2v) is 5.24. The highest BCUT2D eigenvalue weighted by molar-refractivity contribution is 5.34. The van der Waals surface area contributed by atoms with Crippen LogP contribution in [0, 0.1) is 0 Å². The number of piperazine rings is 1. The fourth-order valence-electron chi connectivity index (χ4n) is 2.24. The number of hydrogen-bond acceptors (Lipinski definition) is 4. The van der Waals surface area contributed by atoms with Crippen molar-refractivity contribution >= 4 is 5.82 Å². The van der Waals surface area contributed by atoms with Gasteiger partial charge in [-0.25, -0.2) is 0 Å². The molecule has 96 valence electrons. The number of rotatable bonds is 4. The first-order valence-electron chi connectivity index (χ1n) is 6.27. The van der Waals surface area contributed by atoms with Gasteiger partial charge in [-0.3, -0.25) is 9.58 Å². The van der Waals surface area contributed by atoms with Crippen LogP contribution in [-0.2, 0) is 7.05 Å². The number of nitrogens with one attached hydrogen (secondary N) is 2. The van der Waals surface area contributed by atoms with E-state index in [1.807, 2.05) is 24.0 Å². The third-order valence-electron chi connectivity index (χ3n) is 3.50. The Balaban J connectivity index is 1.90. The molecule has 17 heavy (non-hydrogen) atoms. The molecule has 0 spiro atoms. The van der Waals surface area contributed by atoms with Crippen molar-refractivity contribution in [3.05, 3.63) is 12.3 Å². The van der Waals surface area contributed by atoms with Crippen LogP contribution in [0.15, 0.2) is 12.3 Å². The molecule has 1 aliphatic rings. The Labute approximate surface area is 103 Å². The van der Waals surface area contributed by atoms with E-state index in [1.165, 1.54) is 0 Å². The van der Waals surface area contributed by atoms with Gasteiger partial charge >= 0.3 is 0 Å². The predicted octanol–water partition coefficient (Wildman–Crippen LogP) is 0.516. The van der Waals surface area contributed by atoms with Crippen molar-refractivity contribution in [1.82, 2.24) is 20.0 Å². The second-order valence-electron chi connectivity index (χ2n) is 5.24. The zero-order valence-corrected chi connectivity index (χ0v) is 11.0. The first-order chi connectivity index (χ1) is 8.09. The van der Waals surface area contributed by atoms with Crippen molar-refractivity contribution in [2.45, 2.75) is 19.4 Å². The summed E-state index contributed by atoms with van der Waals surface area (Å²) in [6, 6.07) is 2.01. The van der Waals surface area contributed by atoms with Crippen molar-refractivity contribution in [2.24, 2.45) is 7.05 Å². The van der Waals surface area contributed by atoms with E-state index in [1.54, 1.807) is 0 Å². The third-order valence-corrected chi connectivity index (χ3v) is 3.50. The molecule has 0 amide bonds. The standard InChI is InChI=1S/C12H23N5/c1-12(2,17-8-6-13-7-9-17)10-14-11-4-5-15-16(11)3/h4-5,13-14H,6-10H2,1-3H3. The minimum Gasteiger partial charge on any atom is -0.368 e. The molecule has 5 heteroatoms. The molecule has 0 saturated carbocycles. The van der Waals surface area contributed by atoms with Crippen LogP contribution in [0.4, 0.5) is 5.82 Å². The van der Waals surface area contributed by atoms with Gasteiger partial charge in [0.1, 0.15) is 5.82 Å². The number of aromatic nitrogens is 2. The Morgan fingerprint density at radius 3 is 2.71 bits per heavy atom. The Morgan fingerprint density at radius 2 is 2.12 bits per heavy atom. The molecule has 2 rings (SSSR count). The van der Waals surface area contributed by atoms with Gasteiger partial charge in [0.15, 0.2) is 0 Å². The van der Waals surface area contributed by atoms with Gasteiger partial charge in [-0.2, -0.15) is 5.10 Å². The minimum absolute atomic E-state index is 0.173. The molecule has 2 heterocycles. The van der Waals surface area contributed by atoms with Gasteiger partial charge in [0.2, 0.25) is 0 Å². The van der Waals surface area contributed by atoms with Crippen LogP contribution in [0.3, 0.4) is 0 Å². The normalized spacial score (nSPS) is 18.3. The Hall–Kier alpha value is -1.07. The number of hydrogen-bond donors (Lipinski definition) is 2. The highest BCUT2D eigenvalue weighted by Gasteiger charge is 2.27. The lowest BCUT2D eigenvalue weighted by molar-refractivity contribution is 0.114. The summed E-state index contributed by atoms with van der Waals surface area (Å²) in [5, 5.41) is 11.0. The van der Waals surface area contributed by atoms with Gasteiger partial charge in [0, 0.05) is 51.4 Å². The maximum absolute atomic E-state index is 4.16. The van der Waals surface area contributed by atoms with Gasteiger partial charge in [-0.15, -0.1) is 0 Å².